The zero-order valence-electron chi connectivity index (χ0n) is 10.8. The molecule has 0 fully saturated rings. The van der Waals surface area contributed by atoms with Crippen LogP contribution in [0, 0.1) is 0 Å². The fourth-order valence-electron chi connectivity index (χ4n) is 1.62. The number of rotatable bonds is 5. The molecular weight excluding hydrogens is 260 g/mol. The van der Waals surface area contributed by atoms with Crippen molar-refractivity contribution in [2.75, 3.05) is 6.61 Å². The highest BCUT2D eigenvalue weighted by Gasteiger charge is 2.19. The molecule has 0 saturated heterocycles. The summed E-state index contributed by atoms with van der Waals surface area (Å²) in [6.45, 7) is 2.79. The number of hydrogen-bond donors (Lipinski definition) is 1. The maximum absolute atomic E-state index is 11.6. The molecule has 5 heteroatoms. The van der Waals surface area contributed by atoms with Crippen molar-refractivity contribution in [1.29, 1.82) is 0 Å². The van der Waals surface area contributed by atoms with E-state index in [1.54, 1.807) is 6.08 Å². The van der Waals surface area contributed by atoms with E-state index in [1.807, 2.05) is 24.3 Å². The Bertz CT molecular complexity index is 538. The summed E-state index contributed by atoms with van der Waals surface area (Å²) in [6.07, 6.45) is 3.87. The van der Waals surface area contributed by atoms with Crippen LogP contribution in [0.3, 0.4) is 0 Å². The number of benzene rings is 1. The van der Waals surface area contributed by atoms with Gasteiger partial charge in [-0.05, 0) is 30.3 Å². The topological polar surface area (TPSA) is 64.7 Å². The first-order chi connectivity index (χ1) is 9.20. The largest absolute Gasteiger partial charge is 0.493 e. The van der Waals surface area contributed by atoms with Crippen molar-refractivity contribution in [3.63, 3.8) is 0 Å². The third-order valence-corrected chi connectivity index (χ3v) is 3.41. The fourth-order valence-corrected chi connectivity index (χ4v) is 2.30. The van der Waals surface area contributed by atoms with Crippen LogP contribution in [-0.4, -0.2) is 17.7 Å². The Balaban J connectivity index is 2.16. The smallest absolute Gasteiger partial charge is 0.286 e. The zero-order valence-corrected chi connectivity index (χ0v) is 11.6. The predicted molar refractivity (Wildman–Crippen MR) is 79.0 cm³/mol. The molecule has 0 radical (unpaired) electrons. The lowest BCUT2D eigenvalue weighted by atomic mass is 10.2. The molecule has 0 unspecified atom stereocenters. The predicted octanol–water partition coefficient (Wildman–Crippen LogP) is 2.79. The van der Waals surface area contributed by atoms with Crippen LogP contribution in [0.5, 0.6) is 5.75 Å². The molecule has 0 aliphatic carbocycles. The second-order valence-electron chi connectivity index (χ2n) is 4.11. The minimum atomic E-state index is -0.286. The minimum absolute atomic E-state index is 0.286. The normalized spacial score (nSPS) is 16.8. The number of ether oxygens (including phenoxy) is 1. The molecule has 2 rings (SSSR count). The van der Waals surface area contributed by atoms with Gasteiger partial charge in [-0.15, -0.1) is 0 Å². The van der Waals surface area contributed by atoms with Crippen molar-refractivity contribution in [2.24, 2.45) is 10.7 Å². The van der Waals surface area contributed by atoms with Crippen LogP contribution >= 0.6 is 11.8 Å². The van der Waals surface area contributed by atoms with Crippen molar-refractivity contribution in [3.8, 4) is 5.75 Å². The third kappa shape index (κ3) is 3.61. The molecule has 4 nitrogen and oxygen atoms in total. The zero-order chi connectivity index (χ0) is 13.7. The van der Waals surface area contributed by atoms with Crippen LogP contribution in [-0.2, 0) is 4.79 Å². The SMILES string of the molecule is CCCCOc1ccccc1C=C1SC(N)=NC1=O. The van der Waals surface area contributed by atoms with Crippen LogP contribution in [0.1, 0.15) is 25.3 Å². The van der Waals surface area contributed by atoms with Crippen molar-refractivity contribution in [2.45, 2.75) is 19.8 Å². The maximum Gasteiger partial charge on any atom is 0.286 e. The number of nitrogens with zero attached hydrogens (tertiary/aromatic N) is 1. The molecule has 0 spiro atoms. The lowest BCUT2D eigenvalue weighted by molar-refractivity contribution is -0.113. The highest BCUT2D eigenvalue weighted by molar-refractivity contribution is 8.18. The second-order valence-corrected chi connectivity index (χ2v) is 5.17. The van der Waals surface area contributed by atoms with Crippen LogP contribution in [0.15, 0.2) is 34.2 Å². The molecule has 1 aromatic carbocycles. The van der Waals surface area contributed by atoms with Crippen LogP contribution in [0.4, 0.5) is 0 Å². The minimum Gasteiger partial charge on any atom is -0.493 e. The van der Waals surface area contributed by atoms with Gasteiger partial charge >= 0.3 is 0 Å². The monoisotopic (exact) mass is 276 g/mol. The van der Waals surface area contributed by atoms with Gasteiger partial charge < -0.3 is 10.5 Å². The molecule has 0 atom stereocenters. The number of unbranched alkanes of at least 4 members (excludes halogenated alkanes) is 1. The van der Waals surface area contributed by atoms with Crippen LogP contribution in [0.2, 0.25) is 0 Å². The Morgan fingerprint density at radius 3 is 2.89 bits per heavy atom. The number of aliphatic imine (C=N–C) groups is 1. The molecule has 0 saturated carbocycles. The van der Waals surface area contributed by atoms with Crippen molar-refractivity contribution in [3.05, 3.63) is 34.7 Å². The van der Waals surface area contributed by atoms with Gasteiger partial charge in [0.1, 0.15) is 5.75 Å². The van der Waals surface area contributed by atoms with Crippen molar-refractivity contribution in [1.82, 2.24) is 0 Å². The molecule has 1 aliphatic heterocycles. The molecule has 19 heavy (non-hydrogen) atoms. The average molecular weight is 276 g/mol. The summed E-state index contributed by atoms with van der Waals surface area (Å²) in [5.41, 5.74) is 6.40. The van der Waals surface area contributed by atoms with Gasteiger partial charge in [0.15, 0.2) is 5.17 Å². The molecule has 1 aromatic rings. The second kappa shape index (κ2) is 6.43. The summed E-state index contributed by atoms with van der Waals surface area (Å²) in [6, 6.07) is 7.64. The number of carbonyl (C=O) groups is 1. The van der Waals surface area contributed by atoms with Crippen molar-refractivity contribution < 1.29 is 9.53 Å². The van der Waals surface area contributed by atoms with E-state index in [4.69, 9.17) is 10.5 Å². The van der Waals surface area contributed by atoms with Crippen LogP contribution < -0.4 is 10.5 Å². The van der Waals surface area contributed by atoms with E-state index in [2.05, 4.69) is 11.9 Å². The Kier molecular flexibility index (Phi) is 4.63. The molecule has 1 aliphatic rings. The van der Waals surface area contributed by atoms with E-state index in [-0.39, 0.29) is 5.91 Å². The van der Waals surface area contributed by atoms with Gasteiger partial charge in [-0.3, -0.25) is 4.79 Å². The first-order valence-electron chi connectivity index (χ1n) is 6.20. The fraction of sp³-hybridized carbons (Fsp3) is 0.286. The number of amidine groups is 1. The van der Waals surface area contributed by atoms with Gasteiger partial charge in [-0.2, -0.15) is 4.99 Å². The van der Waals surface area contributed by atoms with E-state index < -0.39 is 0 Å². The highest BCUT2D eigenvalue weighted by Crippen LogP contribution is 2.29. The number of amides is 1. The summed E-state index contributed by atoms with van der Waals surface area (Å²) in [5, 5.41) is 0.292. The van der Waals surface area contributed by atoms with Gasteiger partial charge in [0.05, 0.1) is 11.5 Å². The highest BCUT2D eigenvalue weighted by atomic mass is 32.2. The lowest BCUT2D eigenvalue weighted by Gasteiger charge is -2.08. The summed E-state index contributed by atoms with van der Waals surface area (Å²) >= 11 is 1.19. The van der Waals surface area contributed by atoms with Gasteiger partial charge in [-0.1, -0.05) is 31.5 Å². The number of hydrogen-bond acceptors (Lipinski definition) is 4. The van der Waals surface area contributed by atoms with Gasteiger partial charge in [0.2, 0.25) is 0 Å². The average Bonchev–Trinajstić information content (AvgIpc) is 2.70. The number of nitrogens with two attached hydrogens (primary N) is 1. The molecule has 0 aromatic heterocycles. The van der Waals surface area contributed by atoms with Gasteiger partial charge in [0, 0.05) is 5.56 Å². The summed E-state index contributed by atoms with van der Waals surface area (Å²) in [5.74, 6) is 0.494. The quantitative estimate of drug-likeness (QED) is 0.663. The van der Waals surface area contributed by atoms with E-state index >= 15 is 0 Å². The maximum atomic E-state index is 11.6. The molecule has 0 bridgehead atoms. The first-order valence-corrected chi connectivity index (χ1v) is 7.02. The van der Waals surface area contributed by atoms with Crippen LogP contribution in [0.25, 0.3) is 6.08 Å². The van der Waals surface area contributed by atoms with Crippen molar-refractivity contribution >= 4 is 28.9 Å². The lowest BCUT2D eigenvalue weighted by Crippen LogP contribution is -2.01. The number of carbonyl (C=O) groups excluding carboxylic acids is 1. The summed E-state index contributed by atoms with van der Waals surface area (Å²) in [4.78, 5) is 15.8. The first kappa shape index (κ1) is 13.7. The Morgan fingerprint density at radius 1 is 1.42 bits per heavy atom. The van der Waals surface area contributed by atoms with E-state index in [0.29, 0.717) is 16.7 Å². The van der Waals surface area contributed by atoms with E-state index in [1.165, 1.54) is 11.8 Å². The molecule has 1 heterocycles. The van der Waals surface area contributed by atoms with Gasteiger partial charge in [-0.25, -0.2) is 0 Å². The molecule has 2 N–H and O–H groups in total. The standard InChI is InChI=1S/C14H16N2O2S/c1-2-3-8-18-11-7-5-4-6-10(11)9-12-13(17)16-14(15)19-12/h4-7,9H,2-3,8H2,1H3,(H2,15,16,17). The molecule has 1 amide bonds. The Morgan fingerprint density at radius 2 is 2.21 bits per heavy atom. The van der Waals surface area contributed by atoms with E-state index in [0.717, 1.165) is 24.2 Å². The summed E-state index contributed by atoms with van der Waals surface area (Å²) in [7, 11) is 0. The van der Waals surface area contributed by atoms with E-state index in [9.17, 15) is 4.79 Å². The molecule has 100 valence electrons. The summed E-state index contributed by atoms with van der Waals surface area (Å²) < 4.78 is 5.72. The Labute approximate surface area is 116 Å². The third-order valence-electron chi connectivity index (χ3n) is 2.60. The number of para-hydroxylation sites is 1. The van der Waals surface area contributed by atoms with Gasteiger partial charge in [0.25, 0.3) is 5.91 Å². The molecular formula is C14H16N2O2S. The number of thioether (sulfide) groups is 1. The Hall–Kier alpha value is -1.75.